The maximum Gasteiger partial charge on any atom is 0.490 e. The summed E-state index contributed by atoms with van der Waals surface area (Å²) >= 11 is 0. The lowest BCUT2D eigenvalue weighted by Gasteiger charge is -2.38. The molecule has 0 spiro atoms. The number of rotatable bonds is 3. The van der Waals surface area contributed by atoms with Gasteiger partial charge in [0.2, 0.25) is 5.88 Å². The Bertz CT molecular complexity index is 1440. The number of halogens is 5. The number of aromatic amines is 1. The van der Waals surface area contributed by atoms with Crippen molar-refractivity contribution in [3.63, 3.8) is 0 Å². The normalized spacial score (nSPS) is 17.2. The molecule has 3 aromatic heterocycles. The van der Waals surface area contributed by atoms with Crippen molar-refractivity contribution in [2.45, 2.75) is 24.6 Å². The topological polar surface area (TPSA) is 108 Å². The molecule has 1 amide bonds. The Hall–Kier alpha value is -4.29. The number of fused-ring (bicyclic) bond motifs is 2. The van der Waals surface area contributed by atoms with Gasteiger partial charge in [-0.3, -0.25) is 9.78 Å². The molecule has 1 aliphatic heterocycles. The predicted molar refractivity (Wildman–Crippen MR) is 121 cm³/mol. The van der Waals surface area contributed by atoms with Crippen LogP contribution in [0.2, 0.25) is 0 Å². The standard InChI is InChI=1S/C22H18F2N4O2.C2HF3O2/c23-22(24)8-10-28(21(29)16-11-25-12-18-15(16)7-9-26-18)13-19(22)30-20-6-5-14-3-1-2-4-17(14)27-20;3-2(4,5)1(6)7/h1-7,9,11-12,19,26H,8,10,13H2;(H,6,7)/t19-;/m0./s1. The number of hydrogen-bond donors (Lipinski definition) is 2. The van der Waals surface area contributed by atoms with E-state index in [-0.39, 0.29) is 24.9 Å². The molecule has 2 N–H and O–H groups in total. The number of benzene rings is 1. The number of carbonyl (C=O) groups is 2. The highest BCUT2D eigenvalue weighted by Gasteiger charge is 2.47. The average molecular weight is 522 g/mol. The summed E-state index contributed by atoms with van der Waals surface area (Å²) in [6.45, 7) is -0.293. The number of hydrogen-bond acceptors (Lipinski definition) is 5. The number of ether oxygens (including phenoxy) is 1. The van der Waals surface area contributed by atoms with Crippen molar-refractivity contribution in [3.05, 3.63) is 66.6 Å². The summed E-state index contributed by atoms with van der Waals surface area (Å²) in [6, 6.07) is 12.5. The molecular weight excluding hydrogens is 503 g/mol. The van der Waals surface area contributed by atoms with Gasteiger partial charge in [0.25, 0.3) is 11.8 Å². The van der Waals surface area contributed by atoms with E-state index in [4.69, 9.17) is 14.6 Å². The number of nitrogens with one attached hydrogen (secondary N) is 1. The number of carboxylic acids is 1. The number of carboxylic acid groups (broad SMARTS) is 1. The molecule has 13 heteroatoms. The first-order chi connectivity index (χ1) is 17.5. The van der Waals surface area contributed by atoms with E-state index in [2.05, 4.69) is 15.0 Å². The van der Waals surface area contributed by atoms with E-state index in [1.807, 2.05) is 18.2 Å². The zero-order valence-corrected chi connectivity index (χ0v) is 18.9. The third kappa shape index (κ3) is 5.76. The molecule has 1 aromatic carbocycles. The quantitative estimate of drug-likeness (QED) is 0.379. The molecule has 1 fully saturated rings. The first-order valence-corrected chi connectivity index (χ1v) is 10.9. The Balaban J connectivity index is 0.000000405. The molecule has 37 heavy (non-hydrogen) atoms. The Labute approximate surface area is 205 Å². The molecule has 194 valence electrons. The number of carbonyl (C=O) groups excluding carboxylic acids is 1. The van der Waals surface area contributed by atoms with Gasteiger partial charge < -0.3 is 19.7 Å². The first kappa shape index (κ1) is 25.8. The zero-order valence-electron chi connectivity index (χ0n) is 18.9. The summed E-state index contributed by atoms with van der Waals surface area (Å²) in [5.74, 6) is -6.06. The van der Waals surface area contributed by atoms with Crippen LogP contribution >= 0.6 is 0 Å². The van der Waals surface area contributed by atoms with Crippen molar-refractivity contribution in [3.8, 4) is 5.88 Å². The molecule has 5 rings (SSSR count). The van der Waals surface area contributed by atoms with Crippen molar-refractivity contribution >= 4 is 33.7 Å². The van der Waals surface area contributed by atoms with E-state index in [0.29, 0.717) is 16.5 Å². The van der Waals surface area contributed by atoms with E-state index < -0.39 is 30.6 Å². The van der Waals surface area contributed by atoms with Crippen LogP contribution in [0.4, 0.5) is 22.0 Å². The van der Waals surface area contributed by atoms with E-state index in [1.54, 1.807) is 36.7 Å². The molecule has 4 aromatic rings. The van der Waals surface area contributed by atoms with Crippen LogP contribution < -0.4 is 4.74 Å². The summed E-state index contributed by atoms with van der Waals surface area (Å²) in [5.41, 5.74) is 1.75. The number of alkyl halides is 5. The second-order valence-corrected chi connectivity index (χ2v) is 8.14. The molecule has 1 aliphatic rings. The first-order valence-electron chi connectivity index (χ1n) is 10.9. The minimum Gasteiger partial charge on any atom is -0.475 e. The monoisotopic (exact) mass is 522 g/mol. The number of pyridine rings is 2. The van der Waals surface area contributed by atoms with Gasteiger partial charge >= 0.3 is 12.1 Å². The lowest BCUT2D eigenvalue weighted by Crippen LogP contribution is -2.55. The highest BCUT2D eigenvalue weighted by Crippen LogP contribution is 2.33. The summed E-state index contributed by atoms with van der Waals surface area (Å²) < 4.78 is 66.5. The van der Waals surface area contributed by atoms with Crippen molar-refractivity contribution in [2.75, 3.05) is 13.1 Å². The number of amides is 1. The van der Waals surface area contributed by atoms with E-state index in [0.717, 1.165) is 10.9 Å². The van der Waals surface area contributed by atoms with Gasteiger partial charge in [-0.05, 0) is 18.2 Å². The lowest BCUT2D eigenvalue weighted by atomic mass is 10.0. The summed E-state index contributed by atoms with van der Waals surface area (Å²) in [6.07, 6.45) is -2.25. The Kier molecular flexibility index (Phi) is 6.96. The van der Waals surface area contributed by atoms with Crippen molar-refractivity contribution in [2.24, 2.45) is 0 Å². The van der Waals surface area contributed by atoms with E-state index in [9.17, 15) is 26.7 Å². The number of aliphatic carboxylic acids is 1. The van der Waals surface area contributed by atoms with Crippen LogP contribution in [0, 0.1) is 0 Å². The van der Waals surface area contributed by atoms with Crippen LogP contribution in [0.3, 0.4) is 0 Å². The molecule has 1 atom stereocenters. The van der Waals surface area contributed by atoms with Gasteiger partial charge in [0.1, 0.15) is 0 Å². The number of aromatic nitrogens is 3. The van der Waals surface area contributed by atoms with Crippen LogP contribution in [0.1, 0.15) is 16.8 Å². The fourth-order valence-electron chi connectivity index (χ4n) is 3.76. The van der Waals surface area contributed by atoms with Crippen LogP contribution in [0.5, 0.6) is 5.88 Å². The Morgan fingerprint density at radius 1 is 1.11 bits per heavy atom. The van der Waals surface area contributed by atoms with Gasteiger partial charge in [0.15, 0.2) is 6.10 Å². The zero-order chi connectivity index (χ0) is 26.8. The minimum atomic E-state index is -5.08. The molecular formula is C24H19F5N4O4. The molecule has 0 aliphatic carbocycles. The van der Waals surface area contributed by atoms with Crippen LogP contribution in [-0.2, 0) is 4.79 Å². The number of para-hydroxylation sites is 1. The van der Waals surface area contributed by atoms with Crippen molar-refractivity contribution in [1.29, 1.82) is 0 Å². The number of likely N-dealkylation sites (tertiary alicyclic amines) is 1. The van der Waals surface area contributed by atoms with Gasteiger partial charge in [-0.2, -0.15) is 13.2 Å². The third-order valence-corrected chi connectivity index (χ3v) is 5.64. The number of piperidine rings is 1. The molecule has 4 heterocycles. The smallest absolute Gasteiger partial charge is 0.475 e. The second kappa shape index (κ2) is 9.99. The second-order valence-electron chi connectivity index (χ2n) is 8.14. The Morgan fingerprint density at radius 3 is 2.57 bits per heavy atom. The summed E-state index contributed by atoms with van der Waals surface area (Å²) in [7, 11) is 0. The third-order valence-electron chi connectivity index (χ3n) is 5.64. The largest absolute Gasteiger partial charge is 0.490 e. The molecule has 8 nitrogen and oxygen atoms in total. The number of H-pyrrole nitrogens is 1. The molecule has 0 bridgehead atoms. The van der Waals surface area contributed by atoms with E-state index in [1.165, 1.54) is 11.1 Å². The van der Waals surface area contributed by atoms with Crippen LogP contribution in [0.15, 0.2) is 61.1 Å². The molecule has 0 radical (unpaired) electrons. The highest BCUT2D eigenvalue weighted by atomic mass is 19.4. The Morgan fingerprint density at radius 2 is 1.84 bits per heavy atom. The van der Waals surface area contributed by atoms with Crippen LogP contribution in [0.25, 0.3) is 21.8 Å². The van der Waals surface area contributed by atoms with Crippen molar-refractivity contribution < 1.29 is 41.4 Å². The van der Waals surface area contributed by atoms with Crippen LogP contribution in [-0.4, -0.2) is 68.1 Å². The summed E-state index contributed by atoms with van der Waals surface area (Å²) in [4.78, 5) is 34.7. The molecule has 1 saturated heterocycles. The van der Waals surface area contributed by atoms with Gasteiger partial charge in [0, 0.05) is 42.2 Å². The summed E-state index contributed by atoms with van der Waals surface area (Å²) in [5, 5.41) is 8.73. The van der Waals surface area contributed by atoms with E-state index >= 15 is 0 Å². The number of nitrogens with zero attached hydrogens (tertiary/aromatic N) is 3. The van der Waals surface area contributed by atoms with Crippen molar-refractivity contribution in [1.82, 2.24) is 19.9 Å². The molecule has 0 unspecified atom stereocenters. The maximum atomic E-state index is 14.6. The minimum absolute atomic E-state index is 0.0579. The van der Waals surface area contributed by atoms with Gasteiger partial charge in [-0.1, -0.05) is 18.2 Å². The fourth-order valence-corrected chi connectivity index (χ4v) is 3.76. The SMILES string of the molecule is O=C(O)C(F)(F)F.O=C(c1cncc2[nH]ccc12)N1CCC(F)(F)[C@@H](Oc2ccc3ccccc3n2)C1. The average Bonchev–Trinajstić information content (AvgIpc) is 3.34. The maximum absolute atomic E-state index is 14.6. The fraction of sp³-hybridized carbons (Fsp3) is 0.250. The van der Waals surface area contributed by atoms with Gasteiger partial charge in [-0.25, -0.2) is 18.6 Å². The molecule has 0 saturated carbocycles. The van der Waals surface area contributed by atoms with Gasteiger partial charge in [-0.15, -0.1) is 0 Å². The predicted octanol–water partition coefficient (Wildman–Crippen LogP) is 4.67. The lowest BCUT2D eigenvalue weighted by molar-refractivity contribution is -0.192. The highest BCUT2D eigenvalue weighted by molar-refractivity contribution is 6.05. The van der Waals surface area contributed by atoms with Gasteiger partial charge in [0.05, 0.1) is 29.3 Å².